The highest BCUT2D eigenvalue weighted by molar-refractivity contribution is 6.16. The zero-order chi connectivity index (χ0) is 9.68. The average molecular weight is 200 g/mol. The molecule has 0 saturated heterocycles. The van der Waals surface area contributed by atoms with Crippen molar-refractivity contribution in [3.63, 3.8) is 0 Å². The van der Waals surface area contributed by atoms with Gasteiger partial charge in [-0.3, -0.25) is 4.98 Å². The van der Waals surface area contributed by atoms with Gasteiger partial charge in [0.1, 0.15) is 5.82 Å². The Hall–Kier alpha value is -0.830. The molecule has 0 bridgehead atoms. The number of aromatic nitrogens is 2. The second kappa shape index (κ2) is 5.02. The molecule has 0 fully saturated rings. The summed E-state index contributed by atoms with van der Waals surface area (Å²) < 4.78 is 0. The SMILES string of the molecule is CCN(CC)c1cncc(CCl)n1. The minimum Gasteiger partial charge on any atom is -0.356 e. The summed E-state index contributed by atoms with van der Waals surface area (Å²) in [5.41, 5.74) is 0.825. The summed E-state index contributed by atoms with van der Waals surface area (Å²) >= 11 is 5.67. The lowest BCUT2D eigenvalue weighted by molar-refractivity contribution is 0.834. The van der Waals surface area contributed by atoms with Crippen LogP contribution in [0, 0.1) is 0 Å². The zero-order valence-electron chi connectivity index (χ0n) is 8.00. The zero-order valence-corrected chi connectivity index (χ0v) is 8.75. The molecule has 0 spiro atoms. The van der Waals surface area contributed by atoms with E-state index in [0.29, 0.717) is 5.88 Å². The molecule has 1 aromatic rings. The van der Waals surface area contributed by atoms with Crippen molar-refractivity contribution in [2.45, 2.75) is 19.7 Å². The van der Waals surface area contributed by atoms with E-state index in [-0.39, 0.29) is 0 Å². The van der Waals surface area contributed by atoms with Gasteiger partial charge in [0.2, 0.25) is 0 Å². The van der Waals surface area contributed by atoms with Gasteiger partial charge < -0.3 is 4.90 Å². The van der Waals surface area contributed by atoms with Crippen LogP contribution in [0.4, 0.5) is 5.82 Å². The summed E-state index contributed by atoms with van der Waals surface area (Å²) in [7, 11) is 0. The molecule has 0 aliphatic heterocycles. The molecule has 0 saturated carbocycles. The highest BCUT2D eigenvalue weighted by Gasteiger charge is 2.03. The van der Waals surface area contributed by atoms with Crippen molar-refractivity contribution in [3.05, 3.63) is 18.1 Å². The summed E-state index contributed by atoms with van der Waals surface area (Å²) in [5, 5.41) is 0. The number of hydrogen-bond acceptors (Lipinski definition) is 3. The van der Waals surface area contributed by atoms with E-state index in [4.69, 9.17) is 11.6 Å². The molecule has 0 amide bonds. The van der Waals surface area contributed by atoms with E-state index in [0.717, 1.165) is 24.6 Å². The van der Waals surface area contributed by atoms with Gasteiger partial charge in [0, 0.05) is 19.3 Å². The first-order chi connectivity index (χ1) is 6.31. The van der Waals surface area contributed by atoms with Gasteiger partial charge >= 0.3 is 0 Å². The first kappa shape index (κ1) is 10.3. The monoisotopic (exact) mass is 199 g/mol. The minimum atomic E-state index is 0.419. The van der Waals surface area contributed by atoms with Crippen LogP contribution in [0.25, 0.3) is 0 Å². The van der Waals surface area contributed by atoms with Crippen molar-refractivity contribution >= 4 is 17.4 Å². The normalized spacial score (nSPS) is 10.1. The molecule has 0 atom stereocenters. The average Bonchev–Trinajstić information content (AvgIpc) is 2.20. The molecule has 1 heterocycles. The number of alkyl halides is 1. The standard InChI is InChI=1S/C9H14ClN3/c1-3-13(4-2)9-7-11-6-8(5-10)12-9/h6-7H,3-5H2,1-2H3. The third kappa shape index (κ3) is 2.56. The van der Waals surface area contributed by atoms with Crippen molar-refractivity contribution < 1.29 is 0 Å². The van der Waals surface area contributed by atoms with E-state index < -0.39 is 0 Å². The Balaban J connectivity index is 2.86. The maximum Gasteiger partial charge on any atom is 0.147 e. The molecule has 0 N–H and O–H groups in total. The molecule has 1 rings (SSSR count). The first-order valence-electron chi connectivity index (χ1n) is 4.43. The highest BCUT2D eigenvalue weighted by Crippen LogP contribution is 2.09. The van der Waals surface area contributed by atoms with Crippen LogP contribution in [0.5, 0.6) is 0 Å². The van der Waals surface area contributed by atoms with Gasteiger partial charge in [-0.1, -0.05) is 0 Å². The summed E-state index contributed by atoms with van der Waals surface area (Å²) in [5.74, 6) is 1.32. The Kier molecular flexibility index (Phi) is 3.96. The number of rotatable bonds is 4. The second-order valence-corrected chi connectivity index (χ2v) is 2.94. The number of nitrogens with zero attached hydrogens (tertiary/aromatic N) is 3. The van der Waals surface area contributed by atoms with Crippen LogP contribution in [-0.2, 0) is 5.88 Å². The van der Waals surface area contributed by atoms with E-state index in [1.807, 2.05) is 0 Å². The highest BCUT2D eigenvalue weighted by atomic mass is 35.5. The van der Waals surface area contributed by atoms with Crippen molar-refractivity contribution in [3.8, 4) is 0 Å². The Morgan fingerprint density at radius 3 is 2.54 bits per heavy atom. The lowest BCUT2D eigenvalue weighted by atomic mass is 10.4. The van der Waals surface area contributed by atoms with Crippen LogP contribution in [0.2, 0.25) is 0 Å². The first-order valence-corrected chi connectivity index (χ1v) is 4.97. The number of anilines is 1. The van der Waals surface area contributed by atoms with Crippen molar-refractivity contribution in [2.24, 2.45) is 0 Å². The fraction of sp³-hybridized carbons (Fsp3) is 0.556. The van der Waals surface area contributed by atoms with Gasteiger partial charge in [-0.25, -0.2) is 4.98 Å². The van der Waals surface area contributed by atoms with Crippen molar-refractivity contribution in [2.75, 3.05) is 18.0 Å². The molecule has 0 unspecified atom stereocenters. The van der Waals surface area contributed by atoms with Crippen molar-refractivity contribution in [1.29, 1.82) is 0 Å². The molecule has 0 radical (unpaired) electrons. The van der Waals surface area contributed by atoms with Gasteiger partial charge in [-0.15, -0.1) is 11.6 Å². The minimum absolute atomic E-state index is 0.419. The Labute approximate surface area is 83.8 Å². The van der Waals surface area contributed by atoms with Gasteiger partial charge in [0.05, 0.1) is 17.8 Å². The van der Waals surface area contributed by atoms with Crippen LogP contribution >= 0.6 is 11.6 Å². The Morgan fingerprint density at radius 2 is 2.00 bits per heavy atom. The maximum absolute atomic E-state index is 5.67. The molecule has 0 aliphatic rings. The maximum atomic E-state index is 5.67. The third-order valence-electron chi connectivity index (χ3n) is 1.90. The van der Waals surface area contributed by atoms with E-state index in [1.54, 1.807) is 12.4 Å². The van der Waals surface area contributed by atoms with Gasteiger partial charge in [0.15, 0.2) is 0 Å². The second-order valence-electron chi connectivity index (χ2n) is 2.67. The van der Waals surface area contributed by atoms with E-state index in [1.165, 1.54) is 0 Å². The molecule has 72 valence electrons. The van der Waals surface area contributed by atoms with E-state index in [2.05, 4.69) is 28.7 Å². The molecular weight excluding hydrogens is 186 g/mol. The lowest BCUT2D eigenvalue weighted by Crippen LogP contribution is -2.23. The summed E-state index contributed by atoms with van der Waals surface area (Å²) in [6, 6.07) is 0. The molecule has 0 aromatic carbocycles. The third-order valence-corrected chi connectivity index (χ3v) is 2.17. The van der Waals surface area contributed by atoms with Gasteiger partial charge in [0.25, 0.3) is 0 Å². The number of hydrogen-bond donors (Lipinski definition) is 0. The lowest BCUT2D eigenvalue weighted by Gasteiger charge is -2.19. The van der Waals surface area contributed by atoms with E-state index >= 15 is 0 Å². The van der Waals surface area contributed by atoms with Crippen LogP contribution in [-0.4, -0.2) is 23.1 Å². The van der Waals surface area contributed by atoms with Crippen LogP contribution in [0.3, 0.4) is 0 Å². The predicted molar refractivity (Wildman–Crippen MR) is 55.2 cm³/mol. The molecular formula is C9H14ClN3. The van der Waals surface area contributed by atoms with Gasteiger partial charge in [-0.2, -0.15) is 0 Å². The quantitative estimate of drug-likeness (QED) is 0.696. The topological polar surface area (TPSA) is 29.0 Å². The summed E-state index contributed by atoms with van der Waals surface area (Å²) in [6.07, 6.45) is 3.46. The molecule has 1 aromatic heterocycles. The largest absolute Gasteiger partial charge is 0.356 e. The van der Waals surface area contributed by atoms with Crippen LogP contribution in [0.1, 0.15) is 19.5 Å². The summed E-state index contributed by atoms with van der Waals surface area (Å²) in [6.45, 7) is 6.07. The van der Waals surface area contributed by atoms with E-state index in [9.17, 15) is 0 Å². The van der Waals surface area contributed by atoms with Crippen molar-refractivity contribution in [1.82, 2.24) is 9.97 Å². The fourth-order valence-electron chi connectivity index (χ4n) is 1.16. The molecule has 4 heteroatoms. The Morgan fingerprint density at radius 1 is 1.31 bits per heavy atom. The Bertz CT molecular complexity index is 261. The van der Waals surface area contributed by atoms with Crippen LogP contribution in [0.15, 0.2) is 12.4 Å². The predicted octanol–water partition coefficient (Wildman–Crippen LogP) is 2.06. The molecule has 13 heavy (non-hydrogen) atoms. The van der Waals surface area contributed by atoms with Crippen LogP contribution < -0.4 is 4.90 Å². The smallest absolute Gasteiger partial charge is 0.147 e. The fourth-order valence-corrected chi connectivity index (χ4v) is 1.29. The molecule has 3 nitrogen and oxygen atoms in total. The van der Waals surface area contributed by atoms with Gasteiger partial charge in [-0.05, 0) is 13.8 Å². The number of halogens is 1. The summed E-state index contributed by atoms with van der Waals surface area (Å²) in [4.78, 5) is 10.6. The molecule has 0 aliphatic carbocycles.